The first-order chi connectivity index (χ1) is 12.6. The van der Waals surface area contributed by atoms with Crippen LogP contribution in [0.5, 0.6) is 5.75 Å². The second-order valence-electron chi connectivity index (χ2n) is 7.30. The van der Waals surface area contributed by atoms with Gasteiger partial charge in [0, 0.05) is 0 Å². The summed E-state index contributed by atoms with van der Waals surface area (Å²) in [6.07, 6.45) is 1.04. The third kappa shape index (κ3) is 6.60. The minimum absolute atomic E-state index is 0.0832. The molecule has 27 heavy (non-hydrogen) atoms. The number of carbonyl (C=O) groups is 1. The number of carbonyl (C=O) groups excluding carboxylic acids is 1. The smallest absolute Gasteiger partial charge is 0.253 e. The molecule has 0 aliphatic rings. The van der Waals surface area contributed by atoms with Crippen molar-refractivity contribution in [3.05, 3.63) is 59.7 Å². The SMILES string of the molecule is CC(C)(C)c1ccc(OCCNC(=O)c2ccccc2NS(C)(=O)=O)cc1. The van der Waals surface area contributed by atoms with E-state index < -0.39 is 10.0 Å². The predicted octanol–water partition coefficient (Wildman–Crippen LogP) is 3.16. The Balaban J connectivity index is 1.88. The molecule has 7 heteroatoms. The van der Waals surface area contributed by atoms with Crippen molar-refractivity contribution >= 4 is 21.6 Å². The zero-order valence-electron chi connectivity index (χ0n) is 16.1. The number of amides is 1. The number of nitrogens with one attached hydrogen (secondary N) is 2. The van der Waals surface area contributed by atoms with Crippen LogP contribution in [0.25, 0.3) is 0 Å². The Labute approximate surface area is 161 Å². The molecule has 6 nitrogen and oxygen atoms in total. The Kier molecular flexibility index (Phi) is 6.49. The third-order valence-electron chi connectivity index (χ3n) is 3.84. The average molecular weight is 391 g/mol. The molecule has 0 fully saturated rings. The molecule has 0 heterocycles. The lowest BCUT2D eigenvalue weighted by atomic mass is 9.87. The lowest BCUT2D eigenvalue weighted by Crippen LogP contribution is -2.29. The van der Waals surface area contributed by atoms with Crippen LogP contribution in [-0.2, 0) is 15.4 Å². The first kappa shape index (κ1) is 20.8. The summed E-state index contributed by atoms with van der Waals surface area (Å²) in [5.41, 5.74) is 1.81. The molecular formula is C20H26N2O4S. The molecule has 146 valence electrons. The van der Waals surface area contributed by atoms with E-state index in [1.807, 2.05) is 24.3 Å². The van der Waals surface area contributed by atoms with Crippen LogP contribution in [0, 0.1) is 0 Å². The van der Waals surface area contributed by atoms with Gasteiger partial charge in [-0.3, -0.25) is 9.52 Å². The standard InChI is InChI=1S/C20H26N2O4S/c1-20(2,3)15-9-11-16(12-10-15)26-14-13-21-19(23)17-7-5-6-8-18(17)22-27(4,24)25/h5-12,22H,13-14H2,1-4H3,(H,21,23). The highest BCUT2D eigenvalue weighted by Gasteiger charge is 2.14. The van der Waals surface area contributed by atoms with Crippen molar-refractivity contribution in [3.63, 3.8) is 0 Å². The topological polar surface area (TPSA) is 84.5 Å². The summed E-state index contributed by atoms with van der Waals surface area (Å²) in [5.74, 6) is 0.366. The van der Waals surface area contributed by atoms with E-state index in [1.165, 1.54) is 5.56 Å². The molecule has 2 N–H and O–H groups in total. The van der Waals surface area contributed by atoms with E-state index in [4.69, 9.17) is 4.74 Å². The number of benzene rings is 2. The van der Waals surface area contributed by atoms with Crippen molar-refractivity contribution in [3.8, 4) is 5.75 Å². The van der Waals surface area contributed by atoms with Crippen molar-refractivity contribution in [2.75, 3.05) is 24.1 Å². The van der Waals surface area contributed by atoms with Crippen LogP contribution in [-0.4, -0.2) is 33.7 Å². The lowest BCUT2D eigenvalue weighted by Gasteiger charge is -2.19. The van der Waals surface area contributed by atoms with Crippen LogP contribution >= 0.6 is 0 Å². The van der Waals surface area contributed by atoms with Gasteiger partial charge in [0.1, 0.15) is 12.4 Å². The average Bonchev–Trinajstić information content (AvgIpc) is 2.57. The Morgan fingerprint density at radius 2 is 1.67 bits per heavy atom. The molecule has 0 aliphatic heterocycles. The fraction of sp³-hybridized carbons (Fsp3) is 0.350. The molecule has 2 aromatic carbocycles. The molecule has 0 saturated heterocycles. The van der Waals surface area contributed by atoms with Crippen molar-refractivity contribution in [2.45, 2.75) is 26.2 Å². The highest BCUT2D eigenvalue weighted by Crippen LogP contribution is 2.24. The highest BCUT2D eigenvalue weighted by atomic mass is 32.2. The van der Waals surface area contributed by atoms with Gasteiger partial charge in [0.05, 0.1) is 24.1 Å². The van der Waals surface area contributed by atoms with Gasteiger partial charge in [-0.1, -0.05) is 45.0 Å². The van der Waals surface area contributed by atoms with E-state index in [2.05, 4.69) is 30.8 Å². The molecule has 0 aromatic heterocycles. The number of rotatable bonds is 7. The van der Waals surface area contributed by atoms with Crippen LogP contribution in [0.15, 0.2) is 48.5 Å². The van der Waals surface area contributed by atoms with Gasteiger partial charge in [-0.15, -0.1) is 0 Å². The van der Waals surface area contributed by atoms with E-state index in [9.17, 15) is 13.2 Å². The minimum Gasteiger partial charge on any atom is -0.492 e. The fourth-order valence-corrected chi connectivity index (χ4v) is 3.03. The Morgan fingerprint density at radius 3 is 2.26 bits per heavy atom. The first-order valence-corrected chi connectivity index (χ1v) is 10.5. The molecular weight excluding hydrogens is 364 g/mol. The zero-order chi connectivity index (χ0) is 20.1. The lowest BCUT2D eigenvalue weighted by molar-refractivity contribution is 0.0948. The number of hydrogen-bond acceptors (Lipinski definition) is 4. The van der Waals surface area contributed by atoms with Gasteiger partial charge in [0.2, 0.25) is 10.0 Å². The molecule has 0 atom stereocenters. The molecule has 2 rings (SSSR count). The van der Waals surface area contributed by atoms with Crippen LogP contribution in [0.2, 0.25) is 0 Å². The number of ether oxygens (including phenoxy) is 1. The second kappa shape index (κ2) is 8.43. The maximum Gasteiger partial charge on any atom is 0.253 e. The van der Waals surface area contributed by atoms with E-state index in [0.717, 1.165) is 12.0 Å². The minimum atomic E-state index is -3.46. The molecule has 0 radical (unpaired) electrons. The van der Waals surface area contributed by atoms with Crippen molar-refractivity contribution < 1.29 is 17.9 Å². The van der Waals surface area contributed by atoms with Crippen LogP contribution in [0.1, 0.15) is 36.7 Å². The van der Waals surface area contributed by atoms with Gasteiger partial charge in [-0.25, -0.2) is 8.42 Å². The maximum atomic E-state index is 12.3. The van der Waals surface area contributed by atoms with Crippen LogP contribution in [0.3, 0.4) is 0 Å². The van der Waals surface area contributed by atoms with Crippen LogP contribution in [0.4, 0.5) is 5.69 Å². The number of para-hydroxylation sites is 1. The first-order valence-electron chi connectivity index (χ1n) is 8.64. The normalized spacial score (nSPS) is 11.7. The second-order valence-corrected chi connectivity index (χ2v) is 9.05. The van der Waals surface area contributed by atoms with Crippen LogP contribution < -0.4 is 14.8 Å². The van der Waals surface area contributed by atoms with E-state index in [0.29, 0.717) is 13.2 Å². The van der Waals surface area contributed by atoms with Gasteiger partial charge in [-0.2, -0.15) is 0 Å². The van der Waals surface area contributed by atoms with Crippen molar-refractivity contribution in [2.24, 2.45) is 0 Å². The van der Waals surface area contributed by atoms with Gasteiger partial charge in [-0.05, 0) is 35.2 Å². The van der Waals surface area contributed by atoms with E-state index >= 15 is 0 Å². The fourth-order valence-electron chi connectivity index (χ4n) is 2.45. The summed E-state index contributed by atoms with van der Waals surface area (Å²) < 4.78 is 30.8. The van der Waals surface area contributed by atoms with E-state index in [1.54, 1.807) is 24.3 Å². The Hall–Kier alpha value is -2.54. The number of hydrogen-bond donors (Lipinski definition) is 2. The molecule has 0 aliphatic carbocycles. The molecule has 0 bridgehead atoms. The van der Waals surface area contributed by atoms with E-state index in [-0.39, 0.29) is 22.6 Å². The van der Waals surface area contributed by atoms with Crippen molar-refractivity contribution in [1.82, 2.24) is 5.32 Å². The summed E-state index contributed by atoms with van der Waals surface area (Å²) in [7, 11) is -3.46. The molecule has 0 spiro atoms. The number of anilines is 1. The third-order valence-corrected chi connectivity index (χ3v) is 4.43. The molecule has 2 aromatic rings. The number of sulfonamides is 1. The zero-order valence-corrected chi connectivity index (χ0v) is 16.9. The largest absolute Gasteiger partial charge is 0.492 e. The Morgan fingerprint density at radius 1 is 1.04 bits per heavy atom. The predicted molar refractivity (Wildman–Crippen MR) is 108 cm³/mol. The summed E-state index contributed by atoms with van der Waals surface area (Å²) >= 11 is 0. The molecule has 1 amide bonds. The summed E-state index contributed by atoms with van der Waals surface area (Å²) in [5, 5.41) is 2.73. The monoisotopic (exact) mass is 390 g/mol. The molecule has 0 saturated carbocycles. The van der Waals surface area contributed by atoms with Crippen molar-refractivity contribution in [1.29, 1.82) is 0 Å². The maximum absolute atomic E-state index is 12.3. The molecule has 0 unspecified atom stereocenters. The summed E-state index contributed by atoms with van der Waals surface area (Å²) in [6, 6.07) is 14.3. The highest BCUT2D eigenvalue weighted by molar-refractivity contribution is 7.92. The van der Waals surface area contributed by atoms with Gasteiger partial charge < -0.3 is 10.1 Å². The van der Waals surface area contributed by atoms with Gasteiger partial charge >= 0.3 is 0 Å². The summed E-state index contributed by atoms with van der Waals surface area (Å²) in [6.45, 7) is 7.05. The Bertz CT molecular complexity index is 885. The summed E-state index contributed by atoms with van der Waals surface area (Å²) in [4.78, 5) is 12.3. The quantitative estimate of drug-likeness (QED) is 0.711. The van der Waals surface area contributed by atoms with Gasteiger partial charge in [0.25, 0.3) is 5.91 Å². The van der Waals surface area contributed by atoms with Gasteiger partial charge in [0.15, 0.2) is 0 Å².